The zero-order chi connectivity index (χ0) is 10.1. The number of nitrogens with zero attached hydrogens (tertiary/aromatic N) is 1. The van der Waals surface area contributed by atoms with Crippen molar-refractivity contribution in [3.8, 4) is 5.88 Å². The van der Waals surface area contributed by atoms with E-state index < -0.39 is 6.16 Å². The van der Waals surface area contributed by atoms with Gasteiger partial charge in [0.2, 0.25) is 5.88 Å². The van der Waals surface area contributed by atoms with Gasteiger partial charge in [0.1, 0.15) is 5.15 Å². The first-order valence-electron chi connectivity index (χ1n) is 3.70. The molecule has 2 rings (SSSR count). The van der Waals surface area contributed by atoms with Crippen molar-refractivity contribution >= 4 is 28.7 Å². The fourth-order valence-electron chi connectivity index (χ4n) is 1.13. The molecule has 0 aliphatic carbocycles. The van der Waals surface area contributed by atoms with Crippen LogP contribution in [0.1, 0.15) is 0 Å². The molecule has 0 saturated carbocycles. The molecule has 0 amide bonds. The number of ether oxygens (including phenoxy) is 1. The molecule has 6 heteroatoms. The van der Waals surface area contributed by atoms with Crippen LogP contribution in [0, 0.1) is 0 Å². The Bertz CT molecular complexity index is 494. The number of rotatable bonds is 1. The first kappa shape index (κ1) is 8.83. The SMILES string of the molecule is O=C(O)Oc1cc2cc(Cl)ncc2[nH]1. The molecular weight excluding hydrogens is 208 g/mol. The monoisotopic (exact) mass is 212 g/mol. The highest BCUT2D eigenvalue weighted by molar-refractivity contribution is 6.30. The van der Waals surface area contributed by atoms with E-state index in [1.165, 1.54) is 12.3 Å². The molecule has 0 unspecified atom stereocenters. The van der Waals surface area contributed by atoms with E-state index >= 15 is 0 Å². The van der Waals surface area contributed by atoms with E-state index in [1.807, 2.05) is 0 Å². The van der Waals surface area contributed by atoms with Crippen LogP contribution in [-0.2, 0) is 0 Å². The molecule has 0 fully saturated rings. The Morgan fingerprint density at radius 2 is 2.36 bits per heavy atom. The Kier molecular flexibility index (Phi) is 2.01. The number of hydrogen-bond acceptors (Lipinski definition) is 3. The Morgan fingerprint density at radius 1 is 1.57 bits per heavy atom. The lowest BCUT2D eigenvalue weighted by atomic mass is 10.3. The molecule has 0 radical (unpaired) electrons. The highest BCUT2D eigenvalue weighted by Crippen LogP contribution is 2.21. The Hall–Kier alpha value is -1.75. The number of hydrogen-bond donors (Lipinski definition) is 2. The van der Waals surface area contributed by atoms with Crippen molar-refractivity contribution in [1.29, 1.82) is 0 Å². The minimum absolute atomic E-state index is 0.150. The van der Waals surface area contributed by atoms with Crippen molar-refractivity contribution in [3.05, 3.63) is 23.5 Å². The number of nitrogens with one attached hydrogen (secondary N) is 1. The first-order chi connectivity index (χ1) is 6.65. The quantitative estimate of drug-likeness (QED) is 0.562. The number of H-pyrrole nitrogens is 1. The topological polar surface area (TPSA) is 75.2 Å². The van der Waals surface area contributed by atoms with Crippen LogP contribution >= 0.6 is 11.6 Å². The van der Waals surface area contributed by atoms with Crippen molar-refractivity contribution in [2.45, 2.75) is 0 Å². The summed E-state index contributed by atoms with van der Waals surface area (Å²) in [5.41, 5.74) is 0.672. The van der Waals surface area contributed by atoms with E-state index in [0.717, 1.165) is 5.39 Å². The van der Waals surface area contributed by atoms with Crippen LogP contribution < -0.4 is 4.74 Å². The molecule has 0 spiro atoms. The molecule has 2 N–H and O–H groups in total. The molecule has 0 saturated heterocycles. The third-order valence-corrected chi connectivity index (χ3v) is 1.85. The Morgan fingerprint density at radius 3 is 3.07 bits per heavy atom. The van der Waals surface area contributed by atoms with Gasteiger partial charge >= 0.3 is 6.16 Å². The summed E-state index contributed by atoms with van der Waals surface area (Å²) in [5.74, 6) is 0.150. The van der Waals surface area contributed by atoms with Crippen molar-refractivity contribution in [1.82, 2.24) is 9.97 Å². The average Bonchev–Trinajstić information content (AvgIpc) is 2.44. The first-order valence-corrected chi connectivity index (χ1v) is 4.08. The minimum Gasteiger partial charge on any atom is -0.449 e. The Labute approximate surface area is 83.3 Å². The highest BCUT2D eigenvalue weighted by atomic mass is 35.5. The molecule has 2 heterocycles. The molecule has 14 heavy (non-hydrogen) atoms. The zero-order valence-electron chi connectivity index (χ0n) is 6.82. The van der Waals surface area contributed by atoms with Crippen molar-refractivity contribution in [3.63, 3.8) is 0 Å². The maximum atomic E-state index is 10.2. The van der Waals surface area contributed by atoms with Crippen LogP contribution in [0.3, 0.4) is 0 Å². The number of pyridine rings is 1. The summed E-state index contributed by atoms with van der Waals surface area (Å²) in [7, 11) is 0. The number of carboxylic acid groups (broad SMARTS) is 1. The molecule has 72 valence electrons. The van der Waals surface area contributed by atoms with Gasteiger partial charge in [0.25, 0.3) is 0 Å². The smallest absolute Gasteiger partial charge is 0.449 e. The molecule has 5 nitrogen and oxygen atoms in total. The third kappa shape index (κ3) is 1.62. The number of fused-ring (bicyclic) bond motifs is 1. The standard InChI is InChI=1S/C8H5ClN2O3/c9-6-1-4-2-7(14-8(12)13)11-5(4)3-10-6/h1-3,11H,(H,12,13). The molecule has 0 atom stereocenters. The lowest BCUT2D eigenvalue weighted by Gasteiger charge is -1.91. The van der Waals surface area contributed by atoms with Crippen LogP contribution in [-0.4, -0.2) is 21.2 Å². The summed E-state index contributed by atoms with van der Waals surface area (Å²) in [6, 6.07) is 3.15. The lowest BCUT2D eigenvalue weighted by Crippen LogP contribution is -2.02. The second-order valence-electron chi connectivity index (χ2n) is 2.60. The van der Waals surface area contributed by atoms with Gasteiger partial charge in [0.15, 0.2) is 0 Å². The maximum Gasteiger partial charge on any atom is 0.512 e. The summed E-state index contributed by atoms with van der Waals surface area (Å²) in [6.45, 7) is 0. The highest BCUT2D eigenvalue weighted by Gasteiger charge is 2.05. The van der Waals surface area contributed by atoms with Gasteiger partial charge < -0.3 is 14.8 Å². The van der Waals surface area contributed by atoms with Crippen LogP contribution in [0.2, 0.25) is 5.15 Å². The number of halogens is 1. The second kappa shape index (κ2) is 3.19. The predicted molar refractivity (Wildman–Crippen MR) is 49.8 cm³/mol. The summed E-state index contributed by atoms with van der Waals surface area (Å²) in [4.78, 5) is 16.8. The van der Waals surface area contributed by atoms with Gasteiger partial charge in [-0.2, -0.15) is 0 Å². The predicted octanol–water partition coefficient (Wildman–Crippen LogP) is 2.27. The average molecular weight is 213 g/mol. The molecule has 0 aromatic carbocycles. The summed E-state index contributed by atoms with van der Waals surface area (Å²) >= 11 is 5.65. The molecule has 2 aromatic heterocycles. The van der Waals surface area contributed by atoms with Crippen LogP contribution in [0.4, 0.5) is 4.79 Å². The van der Waals surface area contributed by atoms with E-state index in [9.17, 15) is 4.79 Å². The van der Waals surface area contributed by atoms with E-state index in [1.54, 1.807) is 6.07 Å². The number of aromatic amines is 1. The van der Waals surface area contributed by atoms with Crippen molar-refractivity contribution in [2.24, 2.45) is 0 Å². The minimum atomic E-state index is -1.37. The third-order valence-electron chi connectivity index (χ3n) is 1.64. The zero-order valence-corrected chi connectivity index (χ0v) is 7.58. The van der Waals surface area contributed by atoms with Gasteiger partial charge in [0, 0.05) is 11.5 Å². The van der Waals surface area contributed by atoms with Gasteiger partial charge in [0.05, 0.1) is 11.7 Å². The molecular formula is C8H5ClN2O3. The van der Waals surface area contributed by atoms with Gasteiger partial charge in [-0.15, -0.1) is 0 Å². The van der Waals surface area contributed by atoms with E-state index in [4.69, 9.17) is 16.7 Å². The summed E-state index contributed by atoms with van der Waals surface area (Å²) in [5, 5.41) is 9.46. The molecule has 0 aliphatic rings. The van der Waals surface area contributed by atoms with E-state index in [2.05, 4.69) is 14.7 Å². The van der Waals surface area contributed by atoms with Crippen LogP contribution in [0.25, 0.3) is 10.9 Å². The van der Waals surface area contributed by atoms with Gasteiger partial charge in [-0.1, -0.05) is 11.6 Å². The van der Waals surface area contributed by atoms with Crippen LogP contribution in [0.15, 0.2) is 18.3 Å². The lowest BCUT2D eigenvalue weighted by molar-refractivity contribution is 0.143. The van der Waals surface area contributed by atoms with Crippen molar-refractivity contribution in [2.75, 3.05) is 0 Å². The van der Waals surface area contributed by atoms with Gasteiger partial charge in [-0.05, 0) is 6.07 Å². The normalized spacial score (nSPS) is 10.4. The summed E-state index contributed by atoms with van der Waals surface area (Å²) < 4.78 is 4.43. The maximum absolute atomic E-state index is 10.2. The Balaban J connectivity index is 2.46. The molecule has 0 bridgehead atoms. The fourth-order valence-corrected chi connectivity index (χ4v) is 1.29. The van der Waals surface area contributed by atoms with E-state index in [-0.39, 0.29) is 5.88 Å². The number of carbonyl (C=O) groups is 1. The van der Waals surface area contributed by atoms with Crippen molar-refractivity contribution < 1.29 is 14.6 Å². The summed E-state index contributed by atoms with van der Waals surface area (Å²) in [6.07, 6.45) is 0.141. The van der Waals surface area contributed by atoms with Gasteiger partial charge in [-0.3, -0.25) is 0 Å². The largest absolute Gasteiger partial charge is 0.512 e. The van der Waals surface area contributed by atoms with Crippen LogP contribution in [0.5, 0.6) is 5.88 Å². The van der Waals surface area contributed by atoms with E-state index in [0.29, 0.717) is 10.7 Å². The molecule has 2 aromatic rings. The molecule has 0 aliphatic heterocycles. The number of aromatic nitrogens is 2. The fraction of sp³-hybridized carbons (Fsp3) is 0. The van der Waals surface area contributed by atoms with Gasteiger partial charge in [-0.25, -0.2) is 9.78 Å². The second-order valence-corrected chi connectivity index (χ2v) is 2.98.